The Kier molecular flexibility index (Phi) is 4.43. The van der Waals surface area contributed by atoms with Crippen molar-refractivity contribution >= 4 is 12.1 Å². The fraction of sp³-hybridized carbons (Fsp3) is 0.833. The molecule has 1 saturated heterocycles. The van der Waals surface area contributed by atoms with Gasteiger partial charge in [0.05, 0.1) is 6.04 Å². The number of carbonyl (C=O) groups is 1. The maximum Gasteiger partial charge on any atom is 0.407 e. The number of hydrogen-bond donors (Lipinski definition) is 3. The molecule has 0 aromatic rings. The number of piperidine rings is 1. The monoisotopic (exact) mass is 256 g/mol. The van der Waals surface area contributed by atoms with E-state index in [0.29, 0.717) is 0 Å². The van der Waals surface area contributed by atoms with Crippen molar-refractivity contribution in [2.45, 2.75) is 58.2 Å². The number of carbonyl (C=O) groups excluding carboxylic acids is 1. The molecule has 1 aliphatic heterocycles. The Labute approximate surface area is 108 Å². The van der Waals surface area contributed by atoms with Crippen molar-refractivity contribution in [2.75, 3.05) is 6.54 Å². The largest absolute Gasteiger partial charge is 0.444 e. The molecule has 104 valence electrons. The molecule has 0 aromatic heterocycles. The fourth-order valence-electron chi connectivity index (χ4n) is 2.14. The Morgan fingerprint density at radius 2 is 2.11 bits per heavy atom. The summed E-state index contributed by atoms with van der Waals surface area (Å²) in [5.41, 5.74) is 5.02. The molecule has 1 amide bonds. The molecule has 1 fully saturated rings. The van der Waals surface area contributed by atoms with Gasteiger partial charge in [0.15, 0.2) is 5.96 Å². The predicted molar refractivity (Wildman–Crippen MR) is 70.5 cm³/mol. The molecule has 1 aliphatic rings. The van der Waals surface area contributed by atoms with Gasteiger partial charge in [-0.25, -0.2) is 4.79 Å². The van der Waals surface area contributed by atoms with Gasteiger partial charge >= 0.3 is 6.09 Å². The molecular formula is C12H24N4O2. The van der Waals surface area contributed by atoms with E-state index < -0.39 is 11.7 Å². The van der Waals surface area contributed by atoms with Crippen LogP contribution >= 0.6 is 0 Å². The van der Waals surface area contributed by atoms with Crippen LogP contribution < -0.4 is 11.1 Å². The van der Waals surface area contributed by atoms with Gasteiger partial charge in [-0.3, -0.25) is 5.41 Å². The van der Waals surface area contributed by atoms with Gasteiger partial charge in [-0.05, 0) is 40.5 Å². The van der Waals surface area contributed by atoms with Crippen LogP contribution in [0.1, 0.15) is 40.5 Å². The van der Waals surface area contributed by atoms with E-state index in [9.17, 15) is 4.79 Å². The van der Waals surface area contributed by atoms with E-state index in [-0.39, 0.29) is 18.0 Å². The maximum absolute atomic E-state index is 11.7. The second kappa shape index (κ2) is 5.46. The molecule has 18 heavy (non-hydrogen) atoms. The summed E-state index contributed by atoms with van der Waals surface area (Å²) in [6, 6.07) is -0.0127. The molecule has 0 aromatic carbocycles. The number of nitrogens with one attached hydrogen (secondary N) is 2. The number of hydrogen-bond acceptors (Lipinski definition) is 3. The number of guanidine groups is 1. The molecule has 0 bridgehead atoms. The van der Waals surface area contributed by atoms with E-state index in [4.69, 9.17) is 15.9 Å². The van der Waals surface area contributed by atoms with Crippen LogP contribution in [-0.4, -0.2) is 41.2 Å². The predicted octanol–water partition coefficient (Wildman–Crippen LogP) is 1.26. The number of likely N-dealkylation sites (tertiary alicyclic amines) is 1. The lowest BCUT2D eigenvalue weighted by molar-refractivity contribution is 0.0459. The Morgan fingerprint density at radius 1 is 1.50 bits per heavy atom. The third kappa shape index (κ3) is 4.09. The van der Waals surface area contributed by atoms with E-state index >= 15 is 0 Å². The normalized spacial score (nSPS) is 24.6. The highest BCUT2D eigenvalue weighted by Gasteiger charge is 2.30. The number of nitrogens with zero attached hydrogens (tertiary/aromatic N) is 1. The van der Waals surface area contributed by atoms with Crippen molar-refractivity contribution in [2.24, 2.45) is 5.73 Å². The van der Waals surface area contributed by atoms with E-state index in [0.717, 1.165) is 19.4 Å². The standard InChI is InChI=1S/C12H24N4O2/c1-8-9(6-5-7-16(8)10(13)14)15-11(17)18-12(2,3)4/h8-9H,5-7H2,1-4H3,(H3,13,14)(H,15,17). The smallest absolute Gasteiger partial charge is 0.407 e. The summed E-state index contributed by atoms with van der Waals surface area (Å²) < 4.78 is 5.23. The average Bonchev–Trinajstić information content (AvgIpc) is 2.17. The lowest BCUT2D eigenvalue weighted by Gasteiger charge is -2.40. The van der Waals surface area contributed by atoms with Crippen molar-refractivity contribution in [3.05, 3.63) is 0 Å². The van der Waals surface area contributed by atoms with E-state index in [1.54, 1.807) is 4.90 Å². The van der Waals surface area contributed by atoms with Crippen LogP contribution in [0.5, 0.6) is 0 Å². The Bertz CT molecular complexity index is 325. The minimum Gasteiger partial charge on any atom is -0.444 e. The topological polar surface area (TPSA) is 91.4 Å². The van der Waals surface area contributed by atoms with Crippen LogP contribution in [-0.2, 0) is 4.74 Å². The summed E-state index contributed by atoms with van der Waals surface area (Å²) in [5.74, 6) is 0.0539. The van der Waals surface area contributed by atoms with Crippen molar-refractivity contribution in [1.82, 2.24) is 10.2 Å². The van der Waals surface area contributed by atoms with Gasteiger partial charge in [-0.15, -0.1) is 0 Å². The van der Waals surface area contributed by atoms with Crippen molar-refractivity contribution < 1.29 is 9.53 Å². The second-order valence-corrected chi connectivity index (χ2v) is 5.71. The van der Waals surface area contributed by atoms with Crippen molar-refractivity contribution in [1.29, 1.82) is 5.41 Å². The van der Waals surface area contributed by atoms with Gasteiger partial charge in [-0.1, -0.05) is 0 Å². The molecule has 2 unspecified atom stereocenters. The summed E-state index contributed by atoms with van der Waals surface area (Å²) in [7, 11) is 0. The van der Waals surface area contributed by atoms with E-state index in [1.165, 1.54) is 0 Å². The Hall–Kier alpha value is -1.46. The highest BCUT2D eigenvalue weighted by Crippen LogP contribution is 2.17. The van der Waals surface area contributed by atoms with Gasteiger partial charge in [0.2, 0.25) is 0 Å². The molecule has 2 atom stereocenters. The minimum absolute atomic E-state index is 0.0174. The highest BCUT2D eigenvalue weighted by molar-refractivity contribution is 5.75. The molecule has 0 radical (unpaired) electrons. The summed E-state index contributed by atoms with van der Waals surface area (Å²) >= 11 is 0. The molecule has 6 nitrogen and oxygen atoms in total. The first kappa shape index (κ1) is 14.6. The van der Waals surface area contributed by atoms with Crippen LogP contribution in [0.3, 0.4) is 0 Å². The van der Waals surface area contributed by atoms with E-state index in [1.807, 2.05) is 27.7 Å². The first-order valence-corrected chi connectivity index (χ1v) is 6.31. The molecular weight excluding hydrogens is 232 g/mol. The zero-order valence-electron chi connectivity index (χ0n) is 11.6. The Balaban J connectivity index is 2.56. The number of rotatable bonds is 1. The number of nitrogens with two attached hydrogens (primary N) is 1. The van der Waals surface area contributed by atoms with Crippen molar-refractivity contribution in [3.63, 3.8) is 0 Å². The molecule has 4 N–H and O–H groups in total. The summed E-state index contributed by atoms with van der Waals surface area (Å²) in [6.45, 7) is 8.22. The van der Waals surface area contributed by atoms with E-state index in [2.05, 4.69) is 5.32 Å². The Morgan fingerprint density at radius 3 is 2.61 bits per heavy atom. The zero-order valence-corrected chi connectivity index (χ0v) is 11.6. The van der Waals surface area contributed by atoms with Crippen LogP contribution in [0.2, 0.25) is 0 Å². The van der Waals surface area contributed by atoms with Crippen LogP contribution in [0, 0.1) is 5.41 Å². The quantitative estimate of drug-likeness (QED) is 0.486. The molecule has 1 rings (SSSR count). The summed E-state index contributed by atoms with van der Waals surface area (Å²) in [4.78, 5) is 13.5. The van der Waals surface area contributed by atoms with Gasteiger partial charge < -0.3 is 20.7 Å². The molecule has 0 spiro atoms. The van der Waals surface area contributed by atoms with Gasteiger partial charge in [0, 0.05) is 12.6 Å². The summed E-state index contributed by atoms with van der Waals surface area (Å²) in [5, 5.41) is 10.4. The van der Waals surface area contributed by atoms with Crippen LogP contribution in [0.15, 0.2) is 0 Å². The molecule has 0 saturated carbocycles. The van der Waals surface area contributed by atoms with Gasteiger partial charge in [-0.2, -0.15) is 0 Å². The van der Waals surface area contributed by atoms with Gasteiger partial charge in [0.25, 0.3) is 0 Å². The second-order valence-electron chi connectivity index (χ2n) is 5.71. The third-order valence-corrected chi connectivity index (χ3v) is 3.00. The number of ether oxygens (including phenoxy) is 1. The SMILES string of the molecule is CC1C(NC(=O)OC(C)(C)C)CCCN1C(=N)N. The molecule has 1 heterocycles. The van der Waals surface area contributed by atoms with Crippen LogP contribution in [0.25, 0.3) is 0 Å². The number of amides is 1. The third-order valence-electron chi connectivity index (χ3n) is 3.00. The fourth-order valence-corrected chi connectivity index (χ4v) is 2.14. The van der Waals surface area contributed by atoms with Crippen molar-refractivity contribution in [3.8, 4) is 0 Å². The molecule has 0 aliphatic carbocycles. The van der Waals surface area contributed by atoms with Crippen LogP contribution in [0.4, 0.5) is 4.79 Å². The number of alkyl carbamates (subject to hydrolysis) is 1. The first-order chi connectivity index (χ1) is 8.20. The van der Waals surface area contributed by atoms with Gasteiger partial charge in [0.1, 0.15) is 5.60 Å². The lowest BCUT2D eigenvalue weighted by atomic mass is 9.98. The minimum atomic E-state index is -0.498. The zero-order chi connectivity index (χ0) is 13.9. The first-order valence-electron chi connectivity index (χ1n) is 6.31. The molecule has 6 heteroatoms. The average molecular weight is 256 g/mol. The highest BCUT2D eigenvalue weighted by atomic mass is 16.6. The summed E-state index contributed by atoms with van der Waals surface area (Å²) in [6.07, 6.45) is 1.37. The lowest BCUT2D eigenvalue weighted by Crippen LogP contribution is -2.57. The maximum atomic E-state index is 11.7.